The molecule has 0 bridgehead atoms. The van der Waals surface area contributed by atoms with Crippen LogP contribution in [0.15, 0.2) is 255 Å². The Balaban J connectivity index is 1.05. The van der Waals surface area contributed by atoms with Gasteiger partial charge in [-0.2, -0.15) is 0 Å². The SMILES string of the molecule is c1ccc(-c2ccc(N(c3ccc(-c4ccc5cccc(-c6ccccc6)c5c4)cc3)c3ccc(-c4cccc5ccccc45)cc3)c(-n3c4ccccc4c4ccccc43)c2)cc1. The second-order valence-corrected chi connectivity index (χ2v) is 16.5. The highest BCUT2D eigenvalue weighted by atomic mass is 15.2. The lowest BCUT2D eigenvalue weighted by molar-refractivity contribution is 1.15. The molecule has 0 aliphatic rings. The van der Waals surface area contributed by atoms with Gasteiger partial charge in [-0.15, -0.1) is 0 Å². The van der Waals surface area contributed by atoms with Gasteiger partial charge in [-0.1, -0.05) is 200 Å². The lowest BCUT2D eigenvalue weighted by Gasteiger charge is -2.29. The molecule has 0 spiro atoms. The van der Waals surface area contributed by atoms with Crippen LogP contribution in [0.4, 0.5) is 17.1 Å². The molecule has 1 aromatic heterocycles. The van der Waals surface area contributed by atoms with E-state index in [0.717, 1.165) is 28.3 Å². The van der Waals surface area contributed by atoms with E-state index in [4.69, 9.17) is 0 Å². The second kappa shape index (κ2) is 15.8. The smallest absolute Gasteiger partial charge is 0.0709 e. The van der Waals surface area contributed by atoms with E-state index in [1.54, 1.807) is 0 Å². The van der Waals surface area contributed by atoms with Crippen LogP contribution in [0.25, 0.3) is 93.5 Å². The van der Waals surface area contributed by atoms with Gasteiger partial charge in [-0.05, 0) is 121 Å². The number of hydrogen-bond acceptors (Lipinski definition) is 1. The molecule has 0 radical (unpaired) electrons. The number of aromatic nitrogens is 1. The van der Waals surface area contributed by atoms with E-state index in [-0.39, 0.29) is 0 Å². The first-order valence-corrected chi connectivity index (χ1v) is 22.0. The summed E-state index contributed by atoms with van der Waals surface area (Å²) < 4.78 is 2.46. The quantitative estimate of drug-likeness (QED) is 0.148. The zero-order valence-corrected chi connectivity index (χ0v) is 35.1. The van der Waals surface area contributed by atoms with Crippen LogP contribution < -0.4 is 4.90 Å². The molecule has 0 fully saturated rings. The lowest BCUT2D eigenvalue weighted by Crippen LogP contribution is -2.13. The maximum absolute atomic E-state index is 2.46. The molecule has 2 nitrogen and oxygen atoms in total. The highest BCUT2D eigenvalue weighted by Gasteiger charge is 2.22. The van der Waals surface area contributed by atoms with E-state index in [0.29, 0.717) is 0 Å². The third-order valence-electron chi connectivity index (χ3n) is 12.8. The average Bonchev–Trinajstić information content (AvgIpc) is 3.71. The number of nitrogens with zero attached hydrogens (tertiary/aromatic N) is 2. The molecule has 0 unspecified atom stereocenters. The Bertz CT molecular complexity index is 3580. The van der Waals surface area contributed by atoms with Crippen LogP contribution in [-0.2, 0) is 0 Å². The minimum Gasteiger partial charge on any atom is -0.308 e. The number of benzene rings is 11. The van der Waals surface area contributed by atoms with E-state index in [1.165, 1.54) is 82.3 Å². The largest absolute Gasteiger partial charge is 0.308 e. The van der Waals surface area contributed by atoms with Crippen molar-refractivity contribution in [2.75, 3.05) is 4.90 Å². The van der Waals surface area contributed by atoms with Gasteiger partial charge < -0.3 is 9.47 Å². The summed E-state index contributed by atoms with van der Waals surface area (Å²) in [6, 6.07) is 92.8. The molecule has 0 N–H and O–H groups in total. The maximum atomic E-state index is 2.46. The fourth-order valence-electron chi connectivity index (χ4n) is 9.70. The lowest BCUT2D eigenvalue weighted by atomic mass is 9.94. The Morgan fingerprint density at radius 3 is 1.36 bits per heavy atom. The summed E-state index contributed by atoms with van der Waals surface area (Å²) in [4.78, 5) is 2.43. The van der Waals surface area contributed by atoms with Gasteiger partial charge in [0, 0.05) is 22.1 Å². The van der Waals surface area contributed by atoms with Crippen molar-refractivity contribution in [3.05, 3.63) is 255 Å². The highest BCUT2D eigenvalue weighted by Crippen LogP contribution is 2.44. The predicted molar refractivity (Wildman–Crippen MR) is 272 cm³/mol. The summed E-state index contributed by atoms with van der Waals surface area (Å²) in [5.41, 5.74) is 16.2. The average molecular weight is 815 g/mol. The van der Waals surface area contributed by atoms with Crippen molar-refractivity contribution >= 4 is 60.4 Å². The Kier molecular flexibility index (Phi) is 9.20. The van der Waals surface area contributed by atoms with Gasteiger partial charge in [-0.3, -0.25) is 0 Å². The number of rotatable bonds is 8. The van der Waals surface area contributed by atoms with Crippen molar-refractivity contribution in [2.24, 2.45) is 0 Å². The van der Waals surface area contributed by atoms with Crippen molar-refractivity contribution in [3.63, 3.8) is 0 Å². The normalized spacial score (nSPS) is 11.4. The van der Waals surface area contributed by atoms with E-state index in [9.17, 15) is 0 Å². The number of fused-ring (bicyclic) bond motifs is 5. The second-order valence-electron chi connectivity index (χ2n) is 16.5. The molecule has 0 aliphatic carbocycles. The summed E-state index contributed by atoms with van der Waals surface area (Å²) in [7, 11) is 0. The number of para-hydroxylation sites is 2. The van der Waals surface area contributed by atoms with Crippen LogP contribution in [0, 0.1) is 0 Å². The van der Waals surface area contributed by atoms with Crippen molar-refractivity contribution in [3.8, 4) is 50.2 Å². The molecule has 2 heteroatoms. The first-order chi connectivity index (χ1) is 31.7. The van der Waals surface area contributed by atoms with Gasteiger partial charge in [-0.25, -0.2) is 0 Å². The fraction of sp³-hybridized carbons (Fsp3) is 0. The van der Waals surface area contributed by atoms with Crippen LogP contribution in [-0.4, -0.2) is 4.57 Å². The van der Waals surface area contributed by atoms with E-state index < -0.39 is 0 Å². The third kappa shape index (κ3) is 6.52. The monoisotopic (exact) mass is 814 g/mol. The van der Waals surface area contributed by atoms with Crippen molar-refractivity contribution < 1.29 is 0 Å². The Hall–Kier alpha value is -8.46. The zero-order chi connectivity index (χ0) is 42.4. The summed E-state index contributed by atoms with van der Waals surface area (Å²) in [6.45, 7) is 0. The predicted octanol–water partition coefficient (Wildman–Crippen LogP) is 17.2. The first-order valence-electron chi connectivity index (χ1n) is 22.0. The summed E-state index contributed by atoms with van der Waals surface area (Å²) in [5.74, 6) is 0. The van der Waals surface area contributed by atoms with E-state index >= 15 is 0 Å². The molecule has 1 heterocycles. The Morgan fingerprint density at radius 2 is 0.703 bits per heavy atom. The molecule has 0 aliphatic heterocycles. The molecule has 0 saturated heterocycles. The van der Waals surface area contributed by atoms with Crippen LogP contribution in [0.5, 0.6) is 0 Å². The van der Waals surface area contributed by atoms with Crippen molar-refractivity contribution in [2.45, 2.75) is 0 Å². The maximum Gasteiger partial charge on any atom is 0.0709 e. The topological polar surface area (TPSA) is 8.17 Å². The van der Waals surface area contributed by atoms with Crippen molar-refractivity contribution in [1.29, 1.82) is 0 Å². The van der Waals surface area contributed by atoms with Gasteiger partial charge in [0.1, 0.15) is 0 Å². The molecular formula is C62H42N2. The molecule has 11 aromatic carbocycles. The van der Waals surface area contributed by atoms with E-state index in [2.05, 4.69) is 264 Å². The molecule has 0 atom stereocenters. The number of anilines is 3. The van der Waals surface area contributed by atoms with Gasteiger partial charge in [0.05, 0.1) is 22.4 Å². The molecule has 300 valence electrons. The van der Waals surface area contributed by atoms with Crippen LogP contribution in [0.3, 0.4) is 0 Å². The van der Waals surface area contributed by atoms with Gasteiger partial charge in [0.2, 0.25) is 0 Å². The third-order valence-corrected chi connectivity index (χ3v) is 12.8. The van der Waals surface area contributed by atoms with Crippen LogP contribution in [0.1, 0.15) is 0 Å². The van der Waals surface area contributed by atoms with Crippen LogP contribution in [0.2, 0.25) is 0 Å². The van der Waals surface area contributed by atoms with Gasteiger partial charge in [0.15, 0.2) is 0 Å². The van der Waals surface area contributed by atoms with Gasteiger partial charge >= 0.3 is 0 Å². The number of hydrogen-bond donors (Lipinski definition) is 0. The Morgan fingerprint density at radius 1 is 0.266 bits per heavy atom. The zero-order valence-electron chi connectivity index (χ0n) is 35.1. The Labute approximate surface area is 373 Å². The van der Waals surface area contributed by atoms with E-state index in [1.807, 2.05) is 0 Å². The summed E-state index contributed by atoms with van der Waals surface area (Å²) in [5, 5.41) is 7.43. The molecule has 0 saturated carbocycles. The highest BCUT2D eigenvalue weighted by molar-refractivity contribution is 6.10. The molecule has 12 rings (SSSR count). The summed E-state index contributed by atoms with van der Waals surface area (Å²) in [6.07, 6.45) is 0. The standard InChI is InChI=1S/C62H42N2/c1-3-15-43(16-4-1)50-35-40-61(62(42-50)64-59-27-11-9-23-56(59)57-24-10-12-28-60(57)64)63(52-38-33-48(34-39-52)54-25-13-20-46-19-7-8-22-53(46)54)51-36-31-44(32-37-51)49-30-29-47-21-14-26-55(58(47)41-49)45-17-5-2-6-18-45/h1-42H. The summed E-state index contributed by atoms with van der Waals surface area (Å²) >= 11 is 0. The van der Waals surface area contributed by atoms with Gasteiger partial charge in [0.25, 0.3) is 0 Å². The first kappa shape index (κ1) is 37.3. The fourth-order valence-corrected chi connectivity index (χ4v) is 9.70. The molecule has 64 heavy (non-hydrogen) atoms. The van der Waals surface area contributed by atoms with Crippen molar-refractivity contribution in [1.82, 2.24) is 4.57 Å². The molecule has 12 aromatic rings. The van der Waals surface area contributed by atoms with Crippen LogP contribution >= 0.6 is 0 Å². The minimum absolute atomic E-state index is 1.07. The minimum atomic E-state index is 1.07. The molecule has 0 amide bonds. The molecular weight excluding hydrogens is 773 g/mol.